The minimum Gasteiger partial charge on any atom is -0.489 e. The molecule has 0 fully saturated rings. The lowest BCUT2D eigenvalue weighted by atomic mass is 10.3. The molecule has 7 heteroatoms. The van der Waals surface area contributed by atoms with Crippen LogP contribution in [0.15, 0.2) is 17.0 Å². The van der Waals surface area contributed by atoms with Crippen molar-refractivity contribution in [2.45, 2.75) is 18.2 Å². The summed E-state index contributed by atoms with van der Waals surface area (Å²) in [4.78, 5) is -0.154. The second-order valence-corrected chi connectivity index (χ2v) is 5.66. The fourth-order valence-electron chi connectivity index (χ4n) is 1.17. The third-order valence-corrected chi connectivity index (χ3v) is 3.40. The number of nitrogens with two attached hydrogens (primary N) is 1. The summed E-state index contributed by atoms with van der Waals surface area (Å²) < 4.78 is 27.6. The van der Waals surface area contributed by atoms with Gasteiger partial charge in [-0.15, -0.1) is 11.8 Å². The van der Waals surface area contributed by atoms with E-state index in [1.807, 2.05) is 0 Å². The predicted octanol–water partition coefficient (Wildman–Crippen LogP) is 2.43. The van der Waals surface area contributed by atoms with Gasteiger partial charge in [-0.2, -0.15) is 0 Å². The first kappa shape index (κ1) is 15.1. The lowest BCUT2D eigenvalue weighted by Gasteiger charge is -2.10. The molecule has 0 spiro atoms. The number of hydrogen-bond acceptors (Lipinski definition) is 3. The SMILES string of the molecule is CC#CCCOc1c(Cl)cc(S(N)(=O)=O)cc1Cl. The van der Waals surface area contributed by atoms with Crippen LogP contribution in [-0.4, -0.2) is 15.0 Å². The van der Waals surface area contributed by atoms with Gasteiger partial charge < -0.3 is 4.74 Å². The van der Waals surface area contributed by atoms with E-state index in [4.69, 9.17) is 33.1 Å². The molecule has 0 bridgehead atoms. The van der Waals surface area contributed by atoms with Crippen LogP contribution in [0.4, 0.5) is 0 Å². The van der Waals surface area contributed by atoms with Crippen LogP contribution >= 0.6 is 23.2 Å². The van der Waals surface area contributed by atoms with Crippen molar-refractivity contribution in [1.82, 2.24) is 0 Å². The maximum absolute atomic E-state index is 11.1. The zero-order valence-electron chi connectivity index (χ0n) is 9.54. The molecule has 1 aromatic rings. The topological polar surface area (TPSA) is 69.4 Å². The van der Waals surface area contributed by atoms with Crippen LogP contribution in [-0.2, 0) is 10.0 Å². The molecule has 0 atom stereocenters. The predicted molar refractivity (Wildman–Crippen MR) is 71.4 cm³/mol. The molecule has 98 valence electrons. The molecule has 0 amide bonds. The van der Waals surface area contributed by atoms with E-state index in [0.717, 1.165) is 0 Å². The molecule has 2 N–H and O–H groups in total. The van der Waals surface area contributed by atoms with Crippen LogP contribution < -0.4 is 9.88 Å². The highest BCUT2D eigenvalue weighted by Gasteiger charge is 2.15. The molecule has 0 aliphatic rings. The summed E-state index contributed by atoms with van der Waals surface area (Å²) in [6, 6.07) is 2.40. The summed E-state index contributed by atoms with van der Waals surface area (Å²) in [5.41, 5.74) is 0. The Kier molecular flexibility index (Phi) is 5.29. The molecule has 1 rings (SSSR count). The van der Waals surface area contributed by atoms with Gasteiger partial charge in [-0.25, -0.2) is 13.6 Å². The van der Waals surface area contributed by atoms with Gasteiger partial charge in [0, 0.05) is 6.42 Å². The van der Waals surface area contributed by atoms with Gasteiger partial charge in [0.2, 0.25) is 10.0 Å². The van der Waals surface area contributed by atoms with E-state index < -0.39 is 10.0 Å². The number of ether oxygens (including phenoxy) is 1. The van der Waals surface area contributed by atoms with E-state index in [-0.39, 0.29) is 20.7 Å². The molecule has 0 saturated heterocycles. The normalized spacial score (nSPS) is 10.7. The van der Waals surface area contributed by atoms with Crippen molar-refractivity contribution < 1.29 is 13.2 Å². The number of primary sulfonamides is 1. The summed E-state index contributed by atoms with van der Waals surface area (Å²) in [5.74, 6) is 5.76. The monoisotopic (exact) mass is 307 g/mol. The Morgan fingerprint density at radius 1 is 1.33 bits per heavy atom. The van der Waals surface area contributed by atoms with Crippen molar-refractivity contribution in [3.05, 3.63) is 22.2 Å². The van der Waals surface area contributed by atoms with Crippen molar-refractivity contribution in [2.75, 3.05) is 6.61 Å². The second kappa shape index (κ2) is 6.30. The van der Waals surface area contributed by atoms with Gasteiger partial charge in [-0.05, 0) is 19.1 Å². The van der Waals surface area contributed by atoms with Crippen molar-refractivity contribution in [3.8, 4) is 17.6 Å². The fraction of sp³-hybridized carbons (Fsp3) is 0.273. The Bertz CT molecular complexity index is 579. The molecular weight excluding hydrogens is 297 g/mol. The lowest BCUT2D eigenvalue weighted by molar-refractivity contribution is 0.327. The van der Waals surface area contributed by atoms with Gasteiger partial charge >= 0.3 is 0 Å². The molecular formula is C11H11Cl2NO3S. The van der Waals surface area contributed by atoms with Crippen LogP contribution in [0.2, 0.25) is 10.0 Å². The first-order chi connectivity index (χ1) is 8.36. The van der Waals surface area contributed by atoms with Crippen LogP contribution in [0.5, 0.6) is 5.75 Å². The zero-order chi connectivity index (χ0) is 13.8. The maximum atomic E-state index is 11.1. The molecule has 4 nitrogen and oxygen atoms in total. The third-order valence-electron chi connectivity index (χ3n) is 1.95. The molecule has 0 saturated carbocycles. The summed E-state index contributed by atoms with van der Waals surface area (Å²) >= 11 is 11.8. The fourth-order valence-corrected chi connectivity index (χ4v) is 2.46. The Hall–Kier alpha value is -0.930. The molecule has 1 aromatic carbocycles. The Morgan fingerprint density at radius 3 is 2.33 bits per heavy atom. The molecule has 18 heavy (non-hydrogen) atoms. The van der Waals surface area contributed by atoms with Crippen molar-refractivity contribution in [2.24, 2.45) is 5.14 Å². The zero-order valence-corrected chi connectivity index (χ0v) is 11.9. The van der Waals surface area contributed by atoms with Crippen molar-refractivity contribution >= 4 is 33.2 Å². The highest BCUT2D eigenvalue weighted by Crippen LogP contribution is 2.35. The summed E-state index contributed by atoms with van der Waals surface area (Å²) in [7, 11) is -3.84. The third kappa shape index (κ3) is 4.07. The Balaban J connectivity index is 2.97. The first-order valence-electron chi connectivity index (χ1n) is 4.90. The van der Waals surface area contributed by atoms with E-state index in [1.54, 1.807) is 6.92 Å². The number of hydrogen-bond donors (Lipinski definition) is 1. The van der Waals surface area contributed by atoms with Gasteiger partial charge in [0.1, 0.15) is 0 Å². The molecule has 0 aliphatic heterocycles. The lowest BCUT2D eigenvalue weighted by Crippen LogP contribution is -2.12. The molecule has 0 heterocycles. The van der Waals surface area contributed by atoms with Crippen LogP contribution in [0.1, 0.15) is 13.3 Å². The van der Waals surface area contributed by atoms with Gasteiger partial charge in [0.05, 0.1) is 21.5 Å². The average molecular weight is 308 g/mol. The number of sulfonamides is 1. The summed E-state index contributed by atoms with van der Waals surface area (Å²) in [6.45, 7) is 2.04. The minimum atomic E-state index is -3.84. The number of rotatable bonds is 4. The quantitative estimate of drug-likeness (QED) is 0.686. The average Bonchev–Trinajstić information content (AvgIpc) is 2.25. The number of halogens is 2. The first-order valence-corrected chi connectivity index (χ1v) is 7.20. The molecule has 0 aliphatic carbocycles. The highest BCUT2D eigenvalue weighted by atomic mass is 35.5. The van der Waals surface area contributed by atoms with Crippen LogP contribution in [0.25, 0.3) is 0 Å². The molecule has 0 unspecified atom stereocenters. The van der Waals surface area contributed by atoms with Gasteiger partial charge in [-0.1, -0.05) is 23.2 Å². The molecule has 0 radical (unpaired) electrons. The van der Waals surface area contributed by atoms with Gasteiger partial charge in [0.15, 0.2) is 5.75 Å². The van der Waals surface area contributed by atoms with Crippen LogP contribution in [0, 0.1) is 11.8 Å². The van der Waals surface area contributed by atoms with E-state index in [9.17, 15) is 8.42 Å². The van der Waals surface area contributed by atoms with E-state index in [1.165, 1.54) is 12.1 Å². The van der Waals surface area contributed by atoms with E-state index in [2.05, 4.69) is 11.8 Å². The standard InChI is InChI=1S/C11H11Cl2NO3S/c1-2-3-4-5-17-11-9(12)6-8(7-10(11)13)18(14,15)16/h6-7H,4-5H2,1H3,(H2,14,15,16). The molecule has 0 aromatic heterocycles. The van der Waals surface area contributed by atoms with Gasteiger partial charge in [0.25, 0.3) is 0 Å². The Labute approximate surface area is 116 Å². The van der Waals surface area contributed by atoms with Crippen molar-refractivity contribution in [1.29, 1.82) is 0 Å². The minimum absolute atomic E-state index is 0.0935. The summed E-state index contributed by atoms with van der Waals surface area (Å²) in [5, 5.41) is 5.17. The largest absolute Gasteiger partial charge is 0.489 e. The second-order valence-electron chi connectivity index (χ2n) is 3.29. The maximum Gasteiger partial charge on any atom is 0.238 e. The number of benzene rings is 1. The van der Waals surface area contributed by atoms with Gasteiger partial charge in [-0.3, -0.25) is 0 Å². The van der Waals surface area contributed by atoms with E-state index in [0.29, 0.717) is 13.0 Å². The van der Waals surface area contributed by atoms with Crippen molar-refractivity contribution in [3.63, 3.8) is 0 Å². The van der Waals surface area contributed by atoms with Crippen LogP contribution in [0.3, 0.4) is 0 Å². The summed E-state index contributed by atoms with van der Waals surface area (Å²) in [6.07, 6.45) is 0.528. The Morgan fingerprint density at radius 2 is 1.89 bits per heavy atom. The van der Waals surface area contributed by atoms with E-state index >= 15 is 0 Å². The smallest absolute Gasteiger partial charge is 0.238 e. The highest BCUT2D eigenvalue weighted by molar-refractivity contribution is 7.89.